The fraction of sp³-hybridized carbons (Fsp3) is 1.00. The summed E-state index contributed by atoms with van der Waals surface area (Å²) in [5.74, 6) is 0.865. The van der Waals surface area contributed by atoms with Gasteiger partial charge in [0.25, 0.3) is 0 Å². The Hall–Kier alpha value is -0.120. The monoisotopic (exact) mass is 170 g/mol. The van der Waals surface area contributed by atoms with Gasteiger partial charge in [-0.1, -0.05) is 0 Å². The molecule has 0 spiro atoms. The van der Waals surface area contributed by atoms with Crippen LogP contribution in [0.4, 0.5) is 0 Å². The summed E-state index contributed by atoms with van der Waals surface area (Å²) in [6.07, 6.45) is 3.81. The van der Waals surface area contributed by atoms with Crippen LogP contribution in [0.15, 0.2) is 0 Å². The van der Waals surface area contributed by atoms with Gasteiger partial charge in [-0.25, -0.2) is 5.01 Å². The smallest absolute Gasteiger partial charge is 0.0469 e. The molecule has 0 saturated carbocycles. The van der Waals surface area contributed by atoms with Crippen molar-refractivity contribution in [1.29, 1.82) is 0 Å². The van der Waals surface area contributed by atoms with Crippen molar-refractivity contribution in [2.24, 2.45) is 5.92 Å². The predicted molar refractivity (Wildman–Crippen MR) is 47.7 cm³/mol. The van der Waals surface area contributed by atoms with Crippen LogP contribution in [-0.4, -0.2) is 37.9 Å². The van der Waals surface area contributed by atoms with Crippen molar-refractivity contribution in [3.05, 3.63) is 0 Å². The maximum absolute atomic E-state index is 5.33. The first-order valence-electron chi connectivity index (χ1n) is 5.01. The molecule has 0 unspecified atom stereocenters. The molecular weight excluding hydrogens is 152 g/mol. The van der Waals surface area contributed by atoms with Crippen LogP contribution in [0.3, 0.4) is 0 Å². The SMILES string of the molecule is C1CNN(CC2CCOCC2)C1. The predicted octanol–water partition coefficient (Wildman–Crippen LogP) is 0.623. The summed E-state index contributed by atoms with van der Waals surface area (Å²) in [4.78, 5) is 0. The van der Waals surface area contributed by atoms with Crippen molar-refractivity contribution in [3.63, 3.8) is 0 Å². The van der Waals surface area contributed by atoms with Crippen LogP contribution >= 0.6 is 0 Å². The Bertz CT molecular complexity index is 128. The summed E-state index contributed by atoms with van der Waals surface area (Å²) in [7, 11) is 0. The van der Waals surface area contributed by atoms with Crippen LogP contribution in [0.1, 0.15) is 19.3 Å². The first-order valence-corrected chi connectivity index (χ1v) is 5.01. The van der Waals surface area contributed by atoms with E-state index in [0.717, 1.165) is 19.1 Å². The number of hydrazine groups is 1. The number of hydrogen-bond acceptors (Lipinski definition) is 3. The molecule has 0 bridgehead atoms. The van der Waals surface area contributed by atoms with Crippen LogP contribution in [0, 0.1) is 5.92 Å². The minimum absolute atomic E-state index is 0.865. The lowest BCUT2D eigenvalue weighted by Crippen LogP contribution is -2.37. The molecule has 2 saturated heterocycles. The third kappa shape index (κ3) is 2.19. The molecular formula is C9H18N2O. The fourth-order valence-corrected chi connectivity index (χ4v) is 1.98. The molecule has 0 atom stereocenters. The first kappa shape index (κ1) is 8.48. The first-order chi connectivity index (χ1) is 5.95. The zero-order valence-corrected chi connectivity index (χ0v) is 7.59. The van der Waals surface area contributed by atoms with Crippen molar-refractivity contribution < 1.29 is 4.74 Å². The molecule has 3 heteroatoms. The largest absolute Gasteiger partial charge is 0.381 e. The van der Waals surface area contributed by atoms with Crippen LogP contribution in [0.2, 0.25) is 0 Å². The summed E-state index contributed by atoms with van der Waals surface area (Å²) >= 11 is 0. The van der Waals surface area contributed by atoms with Crippen LogP contribution in [0.5, 0.6) is 0 Å². The van der Waals surface area contributed by atoms with Gasteiger partial charge in [0.2, 0.25) is 0 Å². The molecule has 0 radical (unpaired) electrons. The molecule has 0 aromatic heterocycles. The summed E-state index contributed by atoms with van der Waals surface area (Å²) in [6.45, 7) is 5.57. The third-order valence-corrected chi connectivity index (χ3v) is 2.76. The molecule has 1 N–H and O–H groups in total. The van der Waals surface area contributed by atoms with E-state index in [1.165, 1.54) is 38.9 Å². The molecule has 0 aromatic carbocycles. The minimum atomic E-state index is 0.865. The standard InChI is InChI=1S/C9H18N2O/c1-4-10-11(5-1)8-9-2-6-12-7-3-9/h9-10H,1-8H2. The molecule has 3 nitrogen and oxygen atoms in total. The molecule has 12 heavy (non-hydrogen) atoms. The number of hydrogen-bond donors (Lipinski definition) is 1. The average molecular weight is 170 g/mol. The molecule has 70 valence electrons. The van der Waals surface area contributed by atoms with Crippen LogP contribution in [-0.2, 0) is 4.74 Å². The van der Waals surface area contributed by atoms with E-state index in [-0.39, 0.29) is 0 Å². The summed E-state index contributed by atoms with van der Waals surface area (Å²) in [6, 6.07) is 0. The van der Waals surface area contributed by atoms with Gasteiger partial charge in [0.15, 0.2) is 0 Å². The number of rotatable bonds is 2. The van der Waals surface area contributed by atoms with E-state index in [9.17, 15) is 0 Å². The van der Waals surface area contributed by atoms with E-state index in [1.807, 2.05) is 0 Å². The lowest BCUT2D eigenvalue weighted by Gasteiger charge is -2.26. The Morgan fingerprint density at radius 2 is 2.17 bits per heavy atom. The Kier molecular flexibility index (Phi) is 2.98. The van der Waals surface area contributed by atoms with Crippen molar-refractivity contribution in [2.45, 2.75) is 19.3 Å². The quantitative estimate of drug-likeness (QED) is 0.657. The Morgan fingerprint density at radius 3 is 2.83 bits per heavy atom. The minimum Gasteiger partial charge on any atom is -0.381 e. The molecule has 2 aliphatic rings. The van der Waals surface area contributed by atoms with Gasteiger partial charge in [-0.05, 0) is 25.2 Å². The second-order valence-corrected chi connectivity index (χ2v) is 3.76. The van der Waals surface area contributed by atoms with E-state index in [1.54, 1.807) is 0 Å². The summed E-state index contributed by atoms with van der Waals surface area (Å²) < 4.78 is 5.33. The van der Waals surface area contributed by atoms with E-state index in [0.29, 0.717) is 0 Å². The second kappa shape index (κ2) is 4.21. The maximum Gasteiger partial charge on any atom is 0.0469 e. The van der Waals surface area contributed by atoms with Gasteiger partial charge in [-0.2, -0.15) is 0 Å². The van der Waals surface area contributed by atoms with Gasteiger partial charge < -0.3 is 4.74 Å². The summed E-state index contributed by atoms with van der Waals surface area (Å²) in [5.41, 5.74) is 3.40. The van der Waals surface area contributed by atoms with Crippen LogP contribution in [0.25, 0.3) is 0 Å². The molecule has 0 amide bonds. The lowest BCUT2D eigenvalue weighted by molar-refractivity contribution is 0.0498. The molecule has 2 aliphatic heterocycles. The molecule has 0 aliphatic carbocycles. The highest BCUT2D eigenvalue weighted by molar-refractivity contribution is 4.70. The highest BCUT2D eigenvalue weighted by atomic mass is 16.5. The maximum atomic E-state index is 5.33. The van der Waals surface area contributed by atoms with E-state index in [2.05, 4.69) is 10.4 Å². The fourth-order valence-electron chi connectivity index (χ4n) is 1.98. The van der Waals surface area contributed by atoms with Gasteiger partial charge in [0.1, 0.15) is 0 Å². The van der Waals surface area contributed by atoms with Crippen molar-refractivity contribution in [2.75, 3.05) is 32.8 Å². The molecule has 2 heterocycles. The Balaban J connectivity index is 1.69. The number of nitrogens with one attached hydrogen (secondary N) is 1. The Labute approximate surface area is 74.0 Å². The van der Waals surface area contributed by atoms with Gasteiger partial charge in [-0.15, -0.1) is 0 Å². The summed E-state index contributed by atoms with van der Waals surface area (Å²) in [5, 5.41) is 2.37. The number of nitrogens with zero attached hydrogens (tertiary/aromatic N) is 1. The molecule has 0 aromatic rings. The van der Waals surface area contributed by atoms with Crippen molar-refractivity contribution in [3.8, 4) is 0 Å². The van der Waals surface area contributed by atoms with E-state index < -0.39 is 0 Å². The molecule has 2 fully saturated rings. The average Bonchev–Trinajstić information content (AvgIpc) is 2.59. The van der Waals surface area contributed by atoms with E-state index in [4.69, 9.17) is 4.74 Å². The molecule has 2 rings (SSSR count). The van der Waals surface area contributed by atoms with E-state index >= 15 is 0 Å². The van der Waals surface area contributed by atoms with Gasteiger partial charge in [-0.3, -0.25) is 5.43 Å². The Morgan fingerprint density at radius 1 is 1.33 bits per heavy atom. The van der Waals surface area contributed by atoms with Gasteiger partial charge in [0.05, 0.1) is 0 Å². The zero-order valence-electron chi connectivity index (χ0n) is 7.59. The third-order valence-electron chi connectivity index (χ3n) is 2.76. The van der Waals surface area contributed by atoms with Gasteiger partial charge in [0, 0.05) is 32.8 Å². The zero-order chi connectivity index (χ0) is 8.23. The topological polar surface area (TPSA) is 24.5 Å². The van der Waals surface area contributed by atoms with Crippen LogP contribution < -0.4 is 5.43 Å². The highest BCUT2D eigenvalue weighted by Gasteiger charge is 2.19. The number of ether oxygens (including phenoxy) is 1. The second-order valence-electron chi connectivity index (χ2n) is 3.76. The van der Waals surface area contributed by atoms with Crippen molar-refractivity contribution in [1.82, 2.24) is 10.4 Å². The highest BCUT2D eigenvalue weighted by Crippen LogP contribution is 2.16. The van der Waals surface area contributed by atoms with Gasteiger partial charge >= 0.3 is 0 Å². The van der Waals surface area contributed by atoms with Crippen molar-refractivity contribution >= 4 is 0 Å². The lowest BCUT2D eigenvalue weighted by atomic mass is 10.0. The normalized spacial score (nSPS) is 28.0.